The molecule has 0 heterocycles. The van der Waals surface area contributed by atoms with E-state index in [2.05, 4.69) is 0 Å². The summed E-state index contributed by atoms with van der Waals surface area (Å²) in [7, 11) is 0.750. The monoisotopic (exact) mass is 390 g/mol. The normalized spacial score (nSPS) is 11.6. The van der Waals surface area contributed by atoms with Crippen LogP contribution < -0.4 is 226 Å². The molecule has 0 aromatic carbocycles. The van der Waals surface area contributed by atoms with Gasteiger partial charge in [-0.25, -0.2) is 0 Å². The molecule has 1 rings (SSSR count). The fourth-order valence-electron chi connectivity index (χ4n) is 1.07. The molecule has 20 heavy (non-hydrogen) atoms. The van der Waals surface area contributed by atoms with Crippen LogP contribution in [0.5, 0.6) is 0 Å². The molecule has 0 atom stereocenters. The summed E-state index contributed by atoms with van der Waals surface area (Å²) in [5, 5.41) is 37.0. The van der Waals surface area contributed by atoms with Crippen molar-refractivity contribution in [2.75, 3.05) is 20.3 Å². The summed E-state index contributed by atoms with van der Waals surface area (Å²) < 4.78 is 0. The summed E-state index contributed by atoms with van der Waals surface area (Å²) in [6.45, 7) is 3.51. The minimum absolute atomic E-state index is 0. The van der Waals surface area contributed by atoms with Crippen LogP contribution in [0.2, 0.25) is 0 Å². The van der Waals surface area contributed by atoms with Crippen LogP contribution in [0.25, 0.3) is 0 Å². The van der Waals surface area contributed by atoms with E-state index >= 15 is 0 Å². The molecule has 0 bridgehead atoms. The molecule has 0 aliphatic heterocycles. The molecule has 0 N–H and O–H groups in total. The Morgan fingerprint density at radius 2 is 1.05 bits per heavy atom. The van der Waals surface area contributed by atoms with Crippen LogP contribution in [0.3, 0.4) is 0 Å². The third kappa shape index (κ3) is 56.3. The molecule has 0 spiro atoms. The Labute approximate surface area is 296 Å². The van der Waals surface area contributed by atoms with E-state index in [9.17, 15) is 10.2 Å². The van der Waals surface area contributed by atoms with E-state index in [0.29, 0.717) is 0 Å². The Hall–Kier alpha value is 6.39. The molecule has 102 valence electrons. The second-order valence-electron chi connectivity index (χ2n) is 3.25. The summed E-state index contributed by atoms with van der Waals surface area (Å²) in [6.07, 6.45) is 6.05. The number of hydrogen-bond donors (Lipinski definition) is 0. The van der Waals surface area contributed by atoms with Crippen molar-refractivity contribution in [3.05, 3.63) is 0 Å². The van der Waals surface area contributed by atoms with Crippen molar-refractivity contribution >= 4 is 0 Å². The van der Waals surface area contributed by atoms with Gasteiger partial charge in [-0.1, -0.05) is 52.4 Å². The molecule has 1 fully saturated rings. The van der Waals surface area contributed by atoms with Crippen molar-refractivity contribution in [3.63, 3.8) is 0 Å². The quantitative estimate of drug-likeness (QED) is 0.416. The molecule has 0 aromatic rings. The minimum Gasteiger partial charge on any atom is -0.857 e. The van der Waals surface area contributed by atoms with Crippen molar-refractivity contribution < 1.29 is 226 Å². The second kappa shape index (κ2) is 49.9. The zero-order chi connectivity index (χ0) is 13.2. The Balaban J connectivity index is -0.0000000234. The van der Waals surface area contributed by atoms with Crippen LogP contribution in [0, 0.1) is 0 Å². The number of hydrogen-bond acceptors (Lipinski definition) is 4. The summed E-state index contributed by atoms with van der Waals surface area (Å²) in [5.74, 6) is 0. The Morgan fingerprint density at radius 1 is 0.800 bits per heavy atom. The van der Waals surface area contributed by atoms with Gasteiger partial charge in [-0.15, -0.1) is 19.3 Å². The van der Waals surface area contributed by atoms with Gasteiger partial charge < -0.3 is 20.4 Å². The van der Waals surface area contributed by atoms with Crippen molar-refractivity contribution in [1.82, 2.24) is 0 Å². The van der Waals surface area contributed by atoms with Gasteiger partial charge in [-0.2, -0.15) is 7.11 Å². The third-order valence-corrected chi connectivity index (χ3v) is 1.76. The molecule has 4 nitrogen and oxygen atoms in total. The molecule has 1 saturated carbocycles. The van der Waals surface area contributed by atoms with E-state index in [0.717, 1.165) is 26.4 Å². The Morgan fingerprint density at radius 3 is 1.15 bits per heavy atom. The van der Waals surface area contributed by atoms with Crippen molar-refractivity contribution in [1.29, 1.82) is 0 Å². The first-order chi connectivity index (χ1) is 7.72. The molecule has 0 unspecified atom stereocenters. The van der Waals surface area contributed by atoms with E-state index in [1.54, 1.807) is 6.92 Å². The van der Waals surface area contributed by atoms with Gasteiger partial charge in [0.1, 0.15) is 0 Å². The maximum atomic E-state index is 10.5. The first-order valence-electron chi connectivity index (χ1n) is 5.95. The van der Waals surface area contributed by atoms with Gasteiger partial charge in [0.05, 0.1) is 0 Å². The smallest absolute Gasteiger partial charge is 0.857 e. The van der Waals surface area contributed by atoms with Crippen LogP contribution in [0.4, 0.5) is 0 Å². The first-order valence-corrected chi connectivity index (χ1v) is 5.95. The van der Waals surface area contributed by atoms with E-state index in [1.165, 1.54) is 19.3 Å². The summed E-state index contributed by atoms with van der Waals surface area (Å²) in [6, 6.07) is 0. The minimum atomic E-state index is -0.214. The molecule has 1 aliphatic carbocycles. The molecule has 0 amide bonds. The second-order valence-corrected chi connectivity index (χ2v) is 3.25. The van der Waals surface area contributed by atoms with Crippen LogP contribution in [0.1, 0.15) is 52.4 Å². The molecular formula is C12H26K4O4. The van der Waals surface area contributed by atoms with Gasteiger partial charge >= 0.3 is 206 Å². The van der Waals surface area contributed by atoms with Gasteiger partial charge in [0.25, 0.3) is 0 Å². The Bertz CT molecular complexity index is 95.5. The van der Waals surface area contributed by atoms with Gasteiger partial charge in [-0.3, -0.25) is 0 Å². The zero-order valence-electron chi connectivity index (χ0n) is 14.9. The van der Waals surface area contributed by atoms with Crippen molar-refractivity contribution in [2.24, 2.45) is 0 Å². The van der Waals surface area contributed by atoms with Gasteiger partial charge in [0.15, 0.2) is 0 Å². The van der Waals surface area contributed by atoms with E-state index < -0.39 is 0 Å². The average molecular weight is 391 g/mol. The van der Waals surface area contributed by atoms with Crippen molar-refractivity contribution in [2.45, 2.75) is 58.5 Å². The standard InChI is InChI=1S/C6H11O.C3H7O.C2H5O.CH3O.4K/c7-6-4-2-1-3-5-6;1-2-3-4;1-2-3;1-2;;;;/h6H,1-5H2;2-3H2,1H3;2H2,1H3;1H3;;;;/q4*-1;4*+1. The van der Waals surface area contributed by atoms with Gasteiger partial charge in [0.2, 0.25) is 0 Å². The van der Waals surface area contributed by atoms with E-state index in [4.69, 9.17) is 10.2 Å². The molecule has 1 aliphatic rings. The molecule has 8 heteroatoms. The predicted molar refractivity (Wildman–Crippen MR) is 58.5 cm³/mol. The largest absolute Gasteiger partial charge is 1.00 e. The maximum Gasteiger partial charge on any atom is 1.00 e. The van der Waals surface area contributed by atoms with Crippen LogP contribution >= 0.6 is 0 Å². The topological polar surface area (TPSA) is 92.2 Å². The molecule has 0 aromatic heterocycles. The summed E-state index contributed by atoms with van der Waals surface area (Å²) in [4.78, 5) is 0. The Kier molecular flexibility index (Phi) is 113. The average Bonchev–Trinajstić information content (AvgIpc) is 2.34. The van der Waals surface area contributed by atoms with Crippen LogP contribution in [-0.4, -0.2) is 26.4 Å². The van der Waals surface area contributed by atoms with E-state index in [-0.39, 0.29) is 225 Å². The number of rotatable bonds is 1. The molecular weight excluding hydrogens is 365 g/mol. The van der Waals surface area contributed by atoms with Crippen LogP contribution in [-0.2, 0) is 0 Å². The third-order valence-electron chi connectivity index (χ3n) is 1.76. The SMILES string of the molecule is CCC[O-].CC[O-].C[O-].[K+].[K+].[K+].[K+].[O-]C1CCCCC1. The van der Waals surface area contributed by atoms with Crippen molar-refractivity contribution in [3.8, 4) is 0 Å². The molecule has 0 radical (unpaired) electrons. The predicted octanol–water partition coefficient (Wildman–Crippen LogP) is -13.2. The fourth-order valence-corrected chi connectivity index (χ4v) is 1.07. The van der Waals surface area contributed by atoms with Gasteiger partial charge in [-0.05, 0) is 0 Å². The zero-order valence-corrected chi connectivity index (χ0v) is 27.4. The van der Waals surface area contributed by atoms with Crippen LogP contribution in [0.15, 0.2) is 0 Å². The maximum absolute atomic E-state index is 10.5. The summed E-state index contributed by atoms with van der Waals surface area (Å²) >= 11 is 0. The van der Waals surface area contributed by atoms with E-state index in [1.807, 2.05) is 6.92 Å². The fraction of sp³-hybridized carbons (Fsp3) is 1.00. The van der Waals surface area contributed by atoms with Gasteiger partial charge in [0, 0.05) is 0 Å². The summed E-state index contributed by atoms with van der Waals surface area (Å²) in [5.41, 5.74) is 0. The molecule has 0 saturated heterocycles. The first kappa shape index (κ1) is 45.2.